The van der Waals surface area contributed by atoms with Crippen LogP contribution < -0.4 is 27.4 Å². The third-order valence-electron chi connectivity index (χ3n) is 6.57. The zero-order chi connectivity index (χ0) is 30.9. The molecule has 0 unspecified atom stereocenters. The fraction of sp³-hybridized carbons (Fsp3) is 0.233. The maximum atomic E-state index is 14.9. The molecule has 0 saturated heterocycles. The first-order chi connectivity index (χ1) is 19.8. The molecule has 1 amide bonds. The second-order valence-corrected chi connectivity index (χ2v) is 9.80. The van der Waals surface area contributed by atoms with Gasteiger partial charge in [0.1, 0.15) is 17.0 Å². The maximum absolute atomic E-state index is 14.9. The summed E-state index contributed by atoms with van der Waals surface area (Å²) in [5.41, 5.74) is -0.258. The number of amides is 1. The molecule has 11 nitrogen and oxygen atoms in total. The Bertz CT molecular complexity index is 1970. The van der Waals surface area contributed by atoms with Gasteiger partial charge in [-0.15, -0.1) is 6.42 Å². The van der Waals surface area contributed by atoms with Crippen LogP contribution in [0.5, 0.6) is 0 Å². The molecule has 3 N–H and O–H groups in total. The summed E-state index contributed by atoms with van der Waals surface area (Å²) in [7, 11) is 1.47. The fourth-order valence-electron chi connectivity index (χ4n) is 4.62. The van der Waals surface area contributed by atoms with E-state index in [0.29, 0.717) is 29.8 Å². The number of halogens is 1. The average Bonchev–Trinajstić information content (AvgIpc) is 3.75. The van der Waals surface area contributed by atoms with Gasteiger partial charge < -0.3 is 15.7 Å². The van der Waals surface area contributed by atoms with Gasteiger partial charge in [-0.05, 0) is 56.2 Å². The number of fused-ring (bicyclic) bond motifs is 1. The number of hydrogen-bond donors (Lipinski definition) is 3. The summed E-state index contributed by atoms with van der Waals surface area (Å²) in [6.07, 6.45) is 6.68. The number of aromatic nitrogens is 3. The van der Waals surface area contributed by atoms with Crippen molar-refractivity contribution in [2.45, 2.75) is 39.7 Å². The number of carboxylic acid groups (broad SMARTS) is 1. The van der Waals surface area contributed by atoms with Crippen molar-refractivity contribution in [3.05, 3.63) is 90.6 Å². The Balaban J connectivity index is 0.000000952. The molecule has 2 aromatic heterocycles. The Morgan fingerprint density at radius 1 is 1.07 bits per heavy atom. The smallest absolute Gasteiger partial charge is 0.336 e. The van der Waals surface area contributed by atoms with Crippen LogP contribution in [0.1, 0.15) is 43.9 Å². The van der Waals surface area contributed by atoms with E-state index in [2.05, 4.69) is 16.6 Å². The number of benzene rings is 2. The summed E-state index contributed by atoms with van der Waals surface area (Å²) in [5.74, 6) is 0.602. The lowest BCUT2D eigenvalue weighted by molar-refractivity contribution is -0.134. The van der Waals surface area contributed by atoms with E-state index in [1.54, 1.807) is 24.3 Å². The Labute approximate surface area is 238 Å². The summed E-state index contributed by atoms with van der Waals surface area (Å²) in [5, 5.41) is 13.1. The predicted octanol–water partition coefficient (Wildman–Crippen LogP) is 3.41. The van der Waals surface area contributed by atoms with Crippen molar-refractivity contribution in [3.8, 4) is 18.0 Å². The van der Waals surface area contributed by atoms with Gasteiger partial charge >= 0.3 is 5.69 Å². The van der Waals surface area contributed by atoms with E-state index in [0.717, 1.165) is 6.92 Å². The van der Waals surface area contributed by atoms with Gasteiger partial charge in [0.05, 0.1) is 16.9 Å². The quantitative estimate of drug-likeness (QED) is 0.310. The molecule has 1 aliphatic carbocycles. The van der Waals surface area contributed by atoms with Gasteiger partial charge in [0, 0.05) is 43.8 Å². The predicted molar refractivity (Wildman–Crippen MR) is 157 cm³/mol. The summed E-state index contributed by atoms with van der Waals surface area (Å²) in [4.78, 5) is 61.6. The van der Waals surface area contributed by atoms with Crippen LogP contribution in [0.15, 0.2) is 56.8 Å². The third kappa shape index (κ3) is 5.71. The van der Waals surface area contributed by atoms with E-state index >= 15 is 0 Å². The van der Waals surface area contributed by atoms with Crippen molar-refractivity contribution >= 4 is 40.0 Å². The van der Waals surface area contributed by atoms with Gasteiger partial charge in [-0.25, -0.2) is 9.18 Å². The van der Waals surface area contributed by atoms with E-state index in [9.17, 15) is 23.6 Å². The second-order valence-electron chi connectivity index (χ2n) is 9.80. The standard InChI is InChI=1S/C28H24FN5O4.C2H4O2/c1-5-17-9-12-22(21(29)13-17)31-25-23-24(15(2)26(36)32(25)4)33(28(38)34(27(23)37)19-10-11-19)20-8-6-7-18(14-20)30-16(3)35;1-2(3)4/h1,6-9,12-14,19,31H,10-11H2,2-4H3,(H,30,35);1H3,(H,3,4). The monoisotopic (exact) mass is 573 g/mol. The molecule has 0 bridgehead atoms. The Morgan fingerprint density at radius 3 is 2.31 bits per heavy atom. The highest BCUT2D eigenvalue weighted by atomic mass is 19.1. The number of nitrogens with zero attached hydrogens (tertiary/aromatic N) is 3. The first-order valence-corrected chi connectivity index (χ1v) is 12.9. The molecule has 0 atom stereocenters. The number of rotatable bonds is 5. The first kappa shape index (κ1) is 29.5. The molecular weight excluding hydrogens is 545 g/mol. The van der Waals surface area contributed by atoms with Crippen LogP contribution in [0, 0.1) is 25.1 Å². The number of aliphatic carboxylic acids is 1. The summed E-state index contributed by atoms with van der Waals surface area (Å²) < 4.78 is 18.6. The highest BCUT2D eigenvalue weighted by Gasteiger charge is 2.31. The molecule has 1 fully saturated rings. The lowest BCUT2D eigenvalue weighted by Gasteiger charge is -2.21. The zero-order valence-corrected chi connectivity index (χ0v) is 23.3. The minimum atomic E-state index is -0.833. The first-order valence-electron chi connectivity index (χ1n) is 12.9. The Morgan fingerprint density at radius 2 is 1.74 bits per heavy atom. The minimum absolute atomic E-state index is 0.00642. The lowest BCUT2D eigenvalue weighted by Crippen LogP contribution is -2.41. The fourth-order valence-corrected chi connectivity index (χ4v) is 4.62. The number of carboxylic acids is 1. The molecule has 1 saturated carbocycles. The molecule has 0 radical (unpaired) electrons. The van der Waals surface area contributed by atoms with E-state index in [1.165, 1.54) is 52.8 Å². The molecule has 216 valence electrons. The van der Waals surface area contributed by atoms with Gasteiger partial charge in [-0.3, -0.25) is 32.9 Å². The molecular formula is C30H28FN5O6. The molecule has 42 heavy (non-hydrogen) atoms. The van der Waals surface area contributed by atoms with Crippen molar-refractivity contribution < 1.29 is 19.1 Å². The van der Waals surface area contributed by atoms with Crippen LogP contribution in [-0.4, -0.2) is 30.7 Å². The molecule has 12 heteroatoms. The van der Waals surface area contributed by atoms with Crippen LogP contribution in [0.2, 0.25) is 0 Å². The SMILES string of the molecule is C#Cc1ccc(Nc2c3c(=O)n(C4CC4)c(=O)n(-c4cccc(NC(C)=O)c4)c3c(C)c(=O)n2C)c(F)c1.CC(=O)O. The van der Waals surface area contributed by atoms with Crippen LogP contribution >= 0.6 is 0 Å². The number of pyridine rings is 1. The molecule has 5 rings (SSSR count). The number of carbonyl (C=O) groups excluding carboxylic acids is 1. The zero-order valence-electron chi connectivity index (χ0n) is 23.3. The Kier molecular flexibility index (Phi) is 8.15. The van der Waals surface area contributed by atoms with Crippen molar-refractivity contribution in [1.29, 1.82) is 0 Å². The van der Waals surface area contributed by atoms with E-state index in [1.807, 2.05) is 0 Å². The minimum Gasteiger partial charge on any atom is -0.481 e. The summed E-state index contributed by atoms with van der Waals surface area (Å²) in [6.45, 7) is 3.98. The number of terminal acetylenes is 1. The largest absolute Gasteiger partial charge is 0.481 e. The molecule has 4 aromatic rings. The summed E-state index contributed by atoms with van der Waals surface area (Å²) in [6, 6.07) is 10.4. The third-order valence-corrected chi connectivity index (χ3v) is 6.57. The van der Waals surface area contributed by atoms with E-state index in [-0.39, 0.29) is 39.9 Å². The van der Waals surface area contributed by atoms with Crippen molar-refractivity contribution in [2.75, 3.05) is 10.6 Å². The highest BCUT2D eigenvalue weighted by molar-refractivity contribution is 5.94. The van der Waals surface area contributed by atoms with E-state index < -0.39 is 28.6 Å². The van der Waals surface area contributed by atoms with Gasteiger partial charge in [-0.2, -0.15) is 0 Å². The normalized spacial score (nSPS) is 12.2. The Hall–Kier alpha value is -5.44. The molecule has 0 aliphatic heterocycles. The number of carbonyl (C=O) groups is 2. The van der Waals surface area contributed by atoms with Crippen LogP contribution in [0.4, 0.5) is 21.6 Å². The molecule has 2 aromatic carbocycles. The summed E-state index contributed by atoms with van der Waals surface area (Å²) >= 11 is 0. The number of nitrogens with one attached hydrogen (secondary N) is 2. The number of anilines is 3. The van der Waals surface area contributed by atoms with Crippen molar-refractivity contribution in [1.82, 2.24) is 13.7 Å². The number of aryl methyl sites for hydroxylation is 1. The highest BCUT2D eigenvalue weighted by Crippen LogP contribution is 2.34. The maximum Gasteiger partial charge on any atom is 0.336 e. The number of hydrogen-bond acceptors (Lipinski definition) is 6. The van der Waals surface area contributed by atoms with Gasteiger partial charge in [-0.1, -0.05) is 12.0 Å². The topological polar surface area (TPSA) is 144 Å². The van der Waals surface area contributed by atoms with Crippen molar-refractivity contribution in [3.63, 3.8) is 0 Å². The average molecular weight is 574 g/mol. The van der Waals surface area contributed by atoms with Crippen molar-refractivity contribution in [2.24, 2.45) is 7.05 Å². The van der Waals surface area contributed by atoms with Gasteiger partial charge in [0.2, 0.25) is 5.91 Å². The van der Waals surface area contributed by atoms with Crippen LogP contribution in [0.3, 0.4) is 0 Å². The molecule has 0 spiro atoms. The van der Waals surface area contributed by atoms with Gasteiger partial charge in [0.15, 0.2) is 0 Å². The van der Waals surface area contributed by atoms with Crippen LogP contribution in [-0.2, 0) is 16.6 Å². The van der Waals surface area contributed by atoms with E-state index in [4.69, 9.17) is 16.3 Å². The lowest BCUT2D eigenvalue weighted by atomic mass is 10.1. The van der Waals surface area contributed by atoms with Crippen LogP contribution in [0.25, 0.3) is 16.6 Å². The molecule has 1 aliphatic rings. The van der Waals surface area contributed by atoms with Gasteiger partial charge in [0.25, 0.3) is 17.1 Å². The molecule has 2 heterocycles. The second kappa shape index (κ2) is 11.6.